The Morgan fingerprint density at radius 3 is 2.89 bits per heavy atom. The number of nitrogens with one attached hydrogen (secondary N) is 3. The molecule has 2 rings (SSSR count). The molecule has 1 saturated carbocycles. The van der Waals surface area contributed by atoms with E-state index in [9.17, 15) is 8.42 Å². The van der Waals surface area contributed by atoms with Crippen LogP contribution in [-0.4, -0.2) is 48.5 Å². The summed E-state index contributed by atoms with van der Waals surface area (Å²) in [6.45, 7) is 0.967. The van der Waals surface area contributed by atoms with Gasteiger partial charge in [0.25, 0.3) is 0 Å². The number of sulfonamides is 1. The van der Waals surface area contributed by atoms with Gasteiger partial charge in [0.05, 0.1) is 5.75 Å². The van der Waals surface area contributed by atoms with Crippen molar-refractivity contribution < 1.29 is 8.42 Å². The molecule has 1 aromatic heterocycles. The summed E-state index contributed by atoms with van der Waals surface area (Å²) in [7, 11) is -3.15. The summed E-state index contributed by atoms with van der Waals surface area (Å²) in [5.41, 5.74) is 0. The molecule has 0 amide bonds. The number of aryl methyl sites for hydroxylation is 1. The van der Waals surface area contributed by atoms with Gasteiger partial charge in [-0.15, -0.1) is 0 Å². The maximum Gasteiger partial charge on any atom is 0.212 e. The quantitative estimate of drug-likeness (QED) is 0.522. The van der Waals surface area contributed by atoms with E-state index >= 15 is 0 Å². The highest BCUT2D eigenvalue weighted by atomic mass is 32.2. The van der Waals surface area contributed by atoms with Gasteiger partial charge in [0, 0.05) is 25.6 Å². The highest BCUT2D eigenvalue weighted by Gasteiger charge is 2.20. The van der Waals surface area contributed by atoms with Crippen LogP contribution in [0.1, 0.15) is 25.1 Å². The summed E-state index contributed by atoms with van der Waals surface area (Å²) < 4.78 is 25.8. The highest BCUT2D eigenvalue weighted by molar-refractivity contribution is 7.89. The molecule has 7 nitrogen and oxygen atoms in total. The Bertz CT molecular complexity index is 441. The Hall–Kier alpha value is -0.990. The van der Waals surface area contributed by atoms with Crippen molar-refractivity contribution in [2.75, 3.05) is 18.8 Å². The maximum atomic E-state index is 11.6. The number of hydrogen-bond donors (Lipinski definition) is 3. The molecule has 0 aromatic carbocycles. The van der Waals surface area contributed by atoms with Crippen LogP contribution in [0, 0.1) is 0 Å². The average Bonchev–Trinajstić information content (AvgIpc) is 2.99. The first-order valence-corrected chi connectivity index (χ1v) is 7.86. The van der Waals surface area contributed by atoms with Crippen molar-refractivity contribution in [1.82, 2.24) is 25.2 Å². The topological polar surface area (TPSA) is 99.8 Å². The first-order valence-electron chi connectivity index (χ1n) is 6.21. The second kappa shape index (κ2) is 6.26. The third-order valence-electron chi connectivity index (χ3n) is 2.76. The van der Waals surface area contributed by atoms with E-state index < -0.39 is 10.0 Å². The smallest absolute Gasteiger partial charge is 0.212 e. The SMILES string of the molecule is O=S(=O)(CCNC1CC1)NCCCc1ncn[nH]1. The minimum Gasteiger partial charge on any atom is -0.313 e. The molecule has 0 spiro atoms. The monoisotopic (exact) mass is 273 g/mol. The molecule has 102 valence electrons. The third-order valence-corrected chi connectivity index (χ3v) is 4.14. The molecule has 1 heterocycles. The Morgan fingerprint density at radius 1 is 1.39 bits per heavy atom. The van der Waals surface area contributed by atoms with Crippen LogP contribution in [-0.2, 0) is 16.4 Å². The standard InChI is InChI=1S/C10H19N5O2S/c16-18(17,7-6-11-9-3-4-9)14-5-1-2-10-12-8-13-15-10/h8-9,11,14H,1-7H2,(H,12,13,15). The van der Waals surface area contributed by atoms with Gasteiger partial charge in [-0.05, 0) is 19.3 Å². The maximum absolute atomic E-state index is 11.6. The summed E-state index contributed by atoms with van der Waals surface area (Å²) in [6, 6.07) is 0.548. The van der Waals surface area contributed by atoms with E-state index in [1.54, 1.807) is 0 Å². The van der Waals surface area contributed by atoms with Crippen LogP contribution >= 0.6 is 0 Å². The van der Waals surface area contributed by atoms with Crippen LogP contribution < -0.4 is 10.0 Å². The number of rotatable bonds is 9. The molecule has 0 radical (unpaired) electrons. The minimum absolute atomic E-state index is 0.145. The van der Waals surface area contributed by atoms with Gasteiger partial charge in [-0.2, -0.15) is 5.10 Å². The lowest BCUT2D eigenvalue weighted by molar-refractivity contribution is 0.573. The third kappa shape index (κ3) is 5.11. The van der Waals surface area contributed by atoms with Crippen molar-refractivity contribution in [1.29, 1.82) is 0 Å². The molecule has 1 aliphatic rings. The molecule has 0 atom stereocenters. The van der Waals surface area contributed by atoms with Crippen LogP contribution in [0.4, 0.5) is 0 Å². The first kappa shape index (κ1) is 13.4. The number of nitrogens with zero attached hydrogens (tertiary/aromatic N) is 2. The lowest BCUT2D eigenvalue weighted by Gasteiger charge is -2.06. The summed E-state index contributed by atoms with van der Waals surface area (Å²) in [5, 5.41) is 9.65. The van der Waals surface area contributed by atoms with Crippen molar-refractivity contribution in [3.8, 4) is 0 Å². The van der Waals surface area contributed by atoms with Crippen LogP contribution in [0.15, 0.2) is 6.33 Å². The largest absolute Gasteiger partial charge is 0.313 e. The summed E-state index contributed by atoms with van der Waals surface area (Å²) in [4.78, 5) is 3.97. The van der Waals surface area contributed by atoms with Gasteiger partial charge in [0.2, 0.25) is 10.0 Å². The molecule has 0 aliphatic heterocycles. The molecule has 0 bridgehead atoms. The van der Waals surface area contributed by atoms with Crippen molar-refractivity contribution in [2.24, 2.45) is 0 Å². The fraction of sp³-hybridized carbons (Fsp3) is 0.800. The fourth-order valence-electron chi connectivity index (χ4n) is 1.59. The van der Waals surface area contributed by atoms with E-state index in [2.05, 4.69) is 25.2 Å². The van der Waals surface area contributed by atoms with Crippen molar-refractivity contribution in [3.63, 3.8) is 0 Å². The van der Waals surface area contributed by atoms with E-state index in [0.29, 0.717) is 32.0 Å². The Labute approximate surface area is 107 Å². The van der Waals surface area contributed by atoms with Crippen LogP contribution in [0.3, 0.4) is 0 Å². The lowest BCUT2D eigenvalue weighted by atomic mass is 10.3. The number of H-pyrrole nitrogens is 1. The van der Waals surface area contributed by atoms with Crippen molar-refractivity contribution in [2.45, 2.75) is 31.7 Å². The van der Waals surface area contributed by atoms with Crippen molar-refractivity contribution in [3.05, 3.63) is 12.2 Å². The van der Waals surface area contributed by atoms with Gasteiger partial charge >= 0.3 is 0 Å². The van der Waals surface area contributed by atoms with Gasteiger partial charge in [0.1, 0.15) is 12.2 Å². The molecule has 18 heavy (non-hydrogen) atoms. The van der Waals surface area contributed by atoms with Crippen LogP contribution in [0.2, 0.25) is 0 Å². The van der Waals surface area contributed by atoms with E-state index in [0.717, 1.165) is 5.82 Å². The number of aromatic nitrogens is 3. The van der Waals surface area contributed by atoms with E-state index in [4.69, 9.17) is 0 Å². The number of aromatic amines is 1. The molecule has 0 unspecified atom stereocenters. The molecular weight excluding hydrogens is 254 g/mol. The zero-order valence-corrected chi connectivity index (χ0v) is 11.0. The van der Waals surface area contributed by atoms with E-state index in [-0.39, 0.29) is 5.75 Å². The Balaban J connectivity index is 1.56. The van der Waals surface area contributed by atoms with Gasteiger partial charge in [0.15, 0.2) is 0 Å². The van der Waals surface area contributed by atoms with Gasteiger partial charge < -0.3 is 5.32 Å². The predicted molar refractivity (Wildman–Crippen MR) is 67.5 cm³/mol. The van der Waals surface area contributed by atoms with E-state index in [1.807, 2.05) is 0 Å². The zero-order chi connectivity index (χ0) is 12.8. The van der Waals surface area contributed by atoms with Gasteiger partial charge in [-0.25, -0.2) is 18.1 Å². The van der Waals surface area contributed by atoms with Crippen molar-refractivity contribution >= 4 is 10.0 Å². The molecule has 8 heteroatoms. The predicted octanol–water partition coefficient (Wildman–Crippen LogP) is -0.591. The summed E-state index contributed by atoms with van der Waals surface area (Å²) in [6.07, 6.45) is 5.20. The lowest BCUT2D eigenvalue weighted by Crippen LogP contribution is -2.33. The van der Waals surface area contributed by atoms with Crippen LogP contribution in [0.5, 0.6) is 0 Å². The van der Waals surface area contributed by atoms with Crippen LogP contribution in [0.25, 0.3) is 0 Å². The molecule has 1 aliphatic carbocycles. The normalized spacial score (nSPS) is 16.0. The second-order valence-electron chi connectivity index (χ2n) is 4.48. The summed E-state index contributed by atoms with van der Waals surface area (Å²) >= 11 is 0. The zero-order valence-electron chi connectivity index (χ0n) is 10.2. The average molecular weight is 273 g/mol. The Morgan fingerprint density at radius 2 is 2.22 bits per heavy atom. The fourth-order valence-corrected chi connectivity index (χ4v) is 2.58. The summed E-state index contributed by atoms with van der Waals surface area (Å²) in [5.74, 6) is 0.927. The first-order chi connectivity index (χ1) is 8.66. The van der Waals surface area contributed by atoms with Gasteiger partial charge in [-0.1, -0.05) is 0 Å². The molecule has 1 aromatic rings. The Kier molecular flexibility index (Phi) is 4.67. The van der Waals surface area contributed by atoms with E-state index in [1.165, 1.54) is 19.2 Å². The molecular formula is C10H19N5O2S. The van der Waals surface area contributed by atoms with Gasteiger partial charge in [-0.3, -0.25) is 5.10 Å². The number of hydrogen-bond acceptors (Lipinski definition) is 5. The highest BCUT2D eigenvalue weighted by Crippen LogP contribution is 2.17. The molecule has 1 fully saturated rings. The second-order valence-corrected chi connectivity index (χ2v) is 6.40. The molecule has 3 N–H and O–H groups in total. The minimum atomic E-state index is -3.15. The molecule has 0 saturated heterocycles.